The number of halogens is 2. The number of nitrogens with one attached hydrogen (secondary N) is 1. The lowest BCUT2D eigenvalue weighted by molar-refractivity contribution is -0.139. The number of rotatable bonds is 6. The van der Waals surface area contributed by atoms with E-state index in [1.54, 1.807) is 6.92 Å². The molecule has 126 valence electrons. The van der Waals surface area contributed by atoms with Gasteiger partial charge in [-0.15, -0.1) is 0 Å². The van der Waals surface area contributed by atoms with Gasteiger partial charge >= 0.3 is 5.97 Å². The second kappa shape index (κ2) is 6.26. The van der Waals surface area contributed by atoms with Gasteiger partial charge in [0.2, 0.25) is 5.91 Å². The van der Waals surface area contributed by atoms with Gasteiger partial charge < -0.3 is 10.4 Å². The Labute approximate surface area is 133 Å². The minimum atomic E-state index is -1.01. The van der Waals surface area contributed by atoms with Crippen molar-refractivity contribution in [1.82, 2.24) is 5.32 Å². The minimum absolute atomic E-state index is 0.0582. The summed E-state index contributed by atoms with van der Waals surface area (Å²) < 4.78 is 27.5. The molecule has 0 heterocycles. The Hall–Kier alpha value is -1.98. The van der Waals surface area contributed by atoms with E-state index in [0.717, 1.165) is 0 Å². The van der Waals surface area contributed by atoms with Gasteiger partial charge in [-0.05, 0) is 31.4 Å². The molecule has 0 aliphatic heterocycles. The summed E-state index contributed by atoms with van der Waals surface area (Å²) in [6, 6.07) is 3.64. The Morgan fingerprint density at radius 2 is 1.91 bits per heavy atom. The first kappa shape index (κ1) is 17.4. The molecule has 3 atom stereocenters. The van der Waals surface area contributed by atoms with Gasteiger partial charge in [-0.2, -0.15) is 0 Å². The van der Waals surface area contributed by atoms with Crippen LogP contribution in [0.1, 0.15) is 45.1 Å². The Kier molecular flexibility index (Phi) is 4.73. The number of hydrogen-bond acceptors (Lipinski definition) is 2. The van der Waals surface area contributed by atoms with Gasteiger partial charge in [0.05, 0.1) is 6.42 Å². The highest BCUT2D eigenvalue weighted by Crippen LogP contribution is 2.49. The zero-order valence-electron chi connectivity index (χ0n) is 13.4. The van der Waals surface area contributed by atoms with E-state index in [4.69, 9.17) is 5.11 Å². The summed E-state index contributed by atoms with van der Waals surface area (Å²) in [5, 5.41) is 11.8. The zero-order valence-corrected chi connectivity index (χ0v) is 13.4. The zero-order chi connectivity index (χ0) is 17.4. The third kappa shape index (κ3) is 3.68. The van der Waals surface area contributed by atoms with E-state index in [0.29, 0.717) is 6.42 Å². The minimum Gasteiger partial charge on any atom is -0.481 e. The molecule has 1 fully saturated rings. The van der Waals surface area contributed by atoms with Gasteiger partial charge in [-0.1, -0.05) is 19.9 Å². The summed E-state index contributed by atoms with van der Waals surface area (Å²) in [5.74, 6) is -3.76. The second-order valence-corrected chi connectivity index (χ2v) is 6.72. The molecule has 0 saturated heterocycles. The number of carboxylic acids is 1. The molecule has 1 aromatic rings. The van der Waals surface area contributed by atoms with E-state index in [2.05, 4.69) is 5.32 Å². The van der Waals surface area contributed by atoms with Crippen LogP contribution < -0.4 is 5.32 Å². The summed E-state index contributed by atoms with van der Waals surface area (Å²) in [4.78, 5) is 23.4. The molecule has 1 aliphatic carbocycles. The lowest BCUT2D eigenvalue weighted by Crippen LogP contribution is -2.52. The fraction of sp³-hybridized carbons (Fsp3) is 0.529. The first-order chi connectivity index (χ1) is 10.7. The van der Waals surface area contributed by atoms with Gasteiger partial charge in [-0.25, -0.2) is 8.78 Å². The molecule has 1 aromatic carbocycles. The van der Waals surface area contributed by atoms with Crippen LogP contribution in [0.2, 0.25) is 0 Å². The van der Waals surface area contributed by atoms with Crippen molar-refractivity contribution >= 4 is 11.9 Å². The number of carbonyl (C=O) groups excluding carboxylic acids is 1. The van der Waals surface area contributed by atoms with Crippen LogP contribution in [0.5, 0.6) is 0 Å². The fourth-order valence-electron chi connectivity index (χ4n) is 2.75. The summed E-state index contributed by atoms with van der Waals surface area (Å²) >= 11 is 0. The molecule has 0 radical (unpaired) electrons. The summed E-state index contributed by atoms with van der Waals surface area (Å²) in [6.45, 7) is 5.32. The van der Waals surface area contributed by atoms with Crippen molar-refractivity contribution in [1.29, 1.82) is 0 Å². The van der Waals surface area contributed by atoms with Crippen molar-refractivity contribution in [3.63, 3.8) is 0 Å². The molecule has 0 aromatic heterocycles. The molecular formula is C17H21F2NO3. The first-order valence-electron chi connectivity index (χ1n) is 7.63. The highest BCUT2D eigenvalue weighted by atomic mass is 19.1. The van der Waals surface area contributed by atoms with Gasteiger partial charge in [0.15, 0.2) is 0 Å². The summed E-state index contributed by atoms with van der Waals surface area (Å²) in [5.41, 5.74) is -0.957. The number of carbonyl (C=O) groups is 2. The summed E-state index contributed by atoms with van der Waals surface area (Å²) in [7, 11) is 0. The molecule has 3 unspecified atom stereocenters. The molecule has 1 amide bonds. The van der Waals surface area contributed by atoms with Crippen LogP contribution in [0.15, 0.2) is 18.2 Å². The van der Waals surface area contributed by atoms with E-state index < -0.39 is 35.0 Å². The van der Waals surface area contributed by atoms with Crippen LogP contribution in [0.25, 0.3) is 0 Å². The highest BCUT2D eigenvalue weighted by molar-refractivity contribution is 5.84. The Morgan fingerprint density at radius 3 is 2.39 bits per heavy atom. The number of benzene rings is 1. The maximum atomic E-state index is 13.8. The monoisotopic (exact) mass is 325 g/mol. The third-order valence-electron chi connectivity index (χ3n) is 4.70. The Balaban J connectivity index is 2.10. The molecular weight excluding hydrogens is 304 g/mol. The predicted octanol–water partition coefficient (Wildman–Crippen LogP) is 3.07. The first-order valence-corrected chi connectivity index (χ1v) is 7.63. The predicted molar refractivity (Wildman–Crippen MR) is 80.8 cm³/mol. The van der Waals surface area contributed by atoms with E-state index in [1.807, 2.05) is 13.8 Å². The largest absolute Gasteiger partial charge is 0.481 e. The van der Waals surface area contributed by atoms with E-state index in [9.17, 15) is 18.4 Å². The molecule has 0 bridgehead atoms. The van der Waals surface area contributed by atoms with Crippen LogP contribution in [0.4, 0.5) is 8.78 Å². The van der Waals surface area contributed by atoms with Gasteiger partial charge in [0.25, 0.3) is 0 Å². The molecule has 2 N–H and O–H groups in total. The molecule has 6 heteroatoms. The topological polar surface area (TPSA) is 66.4 Å². The number of hydrogen-bond donors (Lipinski definition) is 2. The van der Waals surface area contributed by atoms with Crippen LogP contribution >= 0.6 is 0 Å². The number of carboxylic acid groups (broad SMARTS) is 1. The Bertz CT molecular complexity index is 612. The maximum absolute atomic E-state index is 13.8. The highest BCUT2D eigenvalue weighted by Gasteiger charge is 2.48. The van der Waals surface area contributed by atoms with Crippen molar-refractivity contribution in [3.05, 3.63) is 35.4 Å². The van der Waals surface area contributed by atoms with Gasteiger partial charge in [-0.3, -0.25) is 9.59 Å². The number of amides is 1. The van der Waals surface area contributed by atoms with Crippen molar-refractivity contribution < 1.29 is 23.5 Å². The summed E-state index contributed by atoms with van der Waals surface area (Å²) in [6.07, 6.45) is 0.160. The maximum Gasteiger partial charge on any atom is 0.305 e. The van der Waals surface area contributed by atoms with Gasteiger partial charge in [0, 0.05) is 22.9 Å². The van der Waals surface area contributed by atoms with Crippen molar-refractivity contribution in [3.8, 4) is 0 Å². The molecule has 0 spiro atoms. The number of aliphatic carboxylic acids is 1. The van der Waals surface area contributed by atoms with Crippen LogP contribution in [-0.2, 0) is 9.59 Å². The van der Waals surface area contributed by atoms with E-state index in [1.165, 1.54) is 18.2 Å². The lowest BCUT2D eigenvalue weighted by atomic mass is 9.85. The fourth-order valence-corrected chi connectivity index (χ4v) is 2.75. The van der Waals surface area contributed by atoms with Crippen molar-refractivity contribution in [2.45, 2.75) is 45.1 Å². The van der Waals surface area contributed by atoms with Gasteiger partial charge in [0.1, 0.15) is 11.6 Å². The van der Waals surface area contributed by atoms with E-state index in [-0.39, 0.29) is 23.8 Å². The standard InChI is InChI=1S/C17H21F2NO3/c1-9(2)17(3,8-14(21)22)20-16(23)11-7-10(11)15-12(18)5-4-6-13(15)19/h4-6,9-11H,7-8H2,1-3H3,(H,20,23)(H,21,22). The SMILES string of the molecule is CC(C)C(C)(CC(=O)O)NC(=O)C1CC1c1c(F)cccc1F. The average Bonchev–Trinajstić information content (AvgIpc) is 3.17. The molecule has 1 saturated carbocycles. The molecule has 2 rings (SSSR count). The van der Waals surface area contributed by atoms with Crippen LogP contribution in [-0.4, -0.2) is 22.5 Å². The smallest absolute Gasteiger partial charge is 0.305 e. The van der Waals surface area contributed by atoms with Crippen molar-refractivity contribution in [2.24, 2.45) is 11.8 Å². The lowest BCUT2D eigenvalue weighted by Gasteiger charge is -2.33. The second-order valence-electron chi connectivity index (χ2n) is 6.72. The van der Waals surface area contributed by atoms with E-state index >= 15 is 0 Å². The Morgan fingerprint density at radius 1 is 1.35 bits per heavy atom. The normalized spacial score (nSPS) is 22.5. The van der Waals surface area contributed by atoms with Crippen LogP contribution in [0.3, 0.4) is 0 Å². The molecule has 23 heavy (non-hydrogen) atoms. The molecule has 1 aliphatic rings. The molecule has 4 nitrogen and oxygen atoms in total. The third-order valence-corrected chi connectivity index (χ3v) is 4.70. The average molecular weight is 325 g/mol. The van der Waals surface area contributed by atoms with Crippen molar-refractivity contribution in [2.75, 3.05) is 0 Å². The van der Waals surface area contributed by atoms with Crippen LogP contribution in [0, 0.1) is 23.5 Å². The quantitative estimate of drug-likeness (QED) is 0.845.